The van der Waals surface area contributed by atoms with Crippen LogP contribution in [0.25, 0.3) is 0 Å². The number of rotatable bonds is 18. The highest BCUT2D eigenvalue weighted by molar-refractivity contribution is 7.99. The Hall–Kier alpha value is -1.27. The van der Waals surface area contributed by atoms with Gasteiger partial charge in [-0.05, 0) is 40.4 Å². The van der Waals surface area contributed by atoms with Crippen LogP contribution >= 0.6 is 23.5 Å². The van der Waals surface area contributed by atoms with E-state index in [0.717, 1.165) is 44.3 Å². The number of benzene rings is 1. The van der Waals surface area contributed by atoms with Gasteiger partial charge in [0.2, 0.25) is 0 Å². The standard InChI is InChI=1S/C34H57N3OS2/c1-9-11-13-15-17-19-21-39-31-35-29(36-32(37-31)40-22-20-18-16-14-12-10-2)25-26-23-27(33(3,4)5)30(38)28(24-26)34(6,7)8/h23-24,38H,9-22,25H2,1-8H3. The summed E-state index contributed by atoms with van der Waals surface area (Å²) < 4.78 is 0. The molecule has 0 aliphatic carbocycles. The first-order valence-electron chi connectivity index (χ1n) is 15.8. The number of aromatic hydroxyl groups is 1. The zero-order valence-corrected chi connectivity index (χ0v) is 28.5. The third-order valence-corrected chi connectivity index (χ3v) is 9.11. The molecule has 0 saturated heterocycles. The molecule has 4 nitrogen and oxygen atoms in total. The van der Waals surface area contributed by atoms with Crippen molar-refractivity contribution in [3.63, 3.8) is 0 Å². The molecular weight excluding hydrogens is 531 g/mol. The fourth-order valence-corrected chi connectivity index (χ4v) is 6.56. The maximum absolute atomic E-state index is 11.2. The van der Waals surface area contributed by atoms with Crippen LogP contribution in [0.3, 0.4) is 0 Å². The van der Waals surface area contributed by atoms with E-state index in [-0.39, 0.29) is 10.8 Å². The van der Waals surface area contributed by atoms with E-state index in [2.05, 4.69) is 67.5 Å². The molecule has 0 spiro atoms. The Kier molecular flexibility index (Phi) is 15.4. The third-order valence-electron chi connectivity index (χ3n) is 7.25. The highest BCUT2D eigenvalue weighted by atomic mass is 32.2. The maximum atomic E-state index is 11.2. The van der Waals surface area contributed by atoms with Crippen molar-refractivity contribution in [2.75, 3.05) is 11.5 Å². The number of hydrogen-bond acceptors (Lipinski definition) is 6. The van der Waals surface area contributed by atoms with Crippen molar-refractivity contribution in [3.05, 3.63) is 34.6 Å². The molecule has 0 bridgehead atoms. The van der Waals surface area contributed by atoms with Crippen LogP contribution in [0.1, 0.15) is 155 Å². The summed E-state index contributed by atoms with van der Waals surface area (Å²) in [6, 6.07) is 4.31. The smallest absolute Gasteiger partial charge is 0.191 e. The first-order valence-corrected chi connectivity index (χ1v) is 17.8. The lowest BCUT2D eigenvalue weighted by atomic mass is 9.78. The molecule has 0 radical (unpaired) electrons. The minimum Gasteiger partial charge on any atom is -0.507 e. The lowest BCUT2D eigenvalue weighted by molar-refractivity contribution is 0.422. The molecule has 40 heavy (non-hydrogen) atoms. The summed E-state index contributed by atoms with van der Waals surface area (Å²) in [5.41, 5.74) is 2.81. The van der Waals surface area contributed by atoms with Crippen LogP contribution < -0.4 is 0 Å². The minimum absolute atomic E-state index is 0.157. The van der Waals surface area contributed by atoms with E-state index in [9.17, 15) is 5.11 Å². The Morgan fingerprint density at radius 1 is 0.600 bits per heavy atom. The Balaban J connectivity index is 2.22. The number of aromatic nitrogens is 3. The van der Waals surface area contributed by atoms with Crippen LogP contribution in [0.2, 0.25) is 0 Å². The van der Waals surface area contributed by atoms with Gasteiger partial charge in [0, 0.05) is 17.9 Å². The number of phenols is 1. The number of phenolic OH excluding ortho intramolecular Hbond substituents is 1. The van der Waals surface area contributed by atoms with Crippen molar-refractivity contribution >= 4 is 23.5 Å². The normalized spacial score (nSPS) is 12.3. The van der Waals surface area contributed by atoms with E-state index in [1.165, 1.54) is 77.0 Å². The fourth-order valence-electron chi connectivity index (χ4n) is 4.80. The average molecular weight is 588 g/mol. The molecule has 2 rings (SSSR count). The number of hydrogen-bond donors (Lipinski definition) is 1. The predicted octanol–water partition coefficient (Wildman–Crippen LogP) is 10.7. The molecular formula is C34H57N3OS2. The van der Waals surface area contributed by atoms with Crippen LogP contribution in [0, 0.1) is 0 Å². The Morgan fingerprint density at radius 3 is 1.40 bits per heavy atom. The summed E-state index contributed by atoms with van der Waals surface area (Å²) in [7, 11) is 0. The molecule has 0 aliphatic heterocycles. The molecule has 1 aromatic carbocycles. The lowest BCUT2D eigenvalue weighted by Crippen LogP contribution is -2.18. The van der Waals surface area contributed by atoms with E-state index in [0.29, 0.717) is 12.2 Å². The SMILES string of the molecule is CCCCCCCCSc1nc(Cc2cc(C(C)(C)C)c(O)c(C(C)(C)C)c2)nc(SCCCCCCCC)n1. The quantitative estimate of drug-likeness (QED) is 0.138. The van der Waals surface area contributed by atoms with E-state index < -0.39 is 0 Å². The van der Waals surface area contributed by atoms with Crippen LogP contribution in [-0.2, 0) is 17.3 Å². The second-order valence-electron chi connectivity index (χ2n) is 13.3. The van der Waals surface area contributed by atoms with E-state index in [4.69, 9.17) is 15.0 Å². The number of unbranched alkanes of at least 4 members (excludes halogenated alkanes) is 10. The van der Waals surface area contributed by atoms with Gasteiger partial charge < -0.3 is 5.11 Å². The van der Waals surface area contributed by atoms with Gasteiger partial charge in [-0.3, -0.25) is 0 Å². The van der Waals surface area contributed by atoms with Crippen molar-refractivity contribution in [1.82, 2.24) is 15.0 Å². The summed E-state index contributed by atoms with van der Waals surface area (Å²) in [5.74, 6) is 3.36. The van der Waals surface area contributed by atoms with Crippen molar-refractivity contribution in [1.29, 1.82) is 0 Å². The summed E-state index contributed by atoms with van der Waals surface area (Å²) in [4.78, 5) is 14.7. The van der Waals surface area contributed by atoms with Gasteiger partial charge >= 0.3 is 0 Å². The molecule has 226 valence electrons. The second kappa shape index (κ2) is 17.6. The van der Waals surface area contributed by atoms with Gasteiger partial charge in [-0.25, -0.2) is 9.97 Å². The van der Waals surface area contributed by atoms with E-state index >= 15 is 0 Å². The van der Waals surface area contributed by atoms with Gasteiger partial charge in [0.05, 0.1) is 0 Å². The maximum Gasteiger partial charge on any atom is 0.191 e. The Bertz CT molecular complexity index is 940. The molecule has 0 aliphatic rings. The zero-order valence-electron chi connectivity index (χ0n) is 26.9. The van der Waals surface area contributed by atoms with Gasteiger partial charge in [-0.15, -0.1) is 0 Å². The molecule has 1 N–H and O–H groups in total. The van der Waals surface area contributed by atoms with Crippen LogP contribution in [-0.4, -0.2) is 31.6 Å². The first kappa shape index (κ1) is 34.9. The van der Waals surface area contributed by atoms with Crippen molar-refractivity contribution in [2.45, 2.75) is 160 Å². The minimum atomic E-state index is -0.157. The zero-order chi connectivity index (χ0) is 29.6. The van der Waals surface area contributed by atoms with Crippen LogP contribution in [0.15, 0.2) is 22.4 Å². The first-order chi connectivity index (χ1) is 19.0. The number of thioether (sulfide) groups is 2. The van der Waals surface area contributed by atoms with Crippen LogP contribution in [0.5, 0.6) is 5.75 Å². The topological polar surface area (TPSA) is 58.9 Å². The largest absolute Gasteiger partial charge is 0.507 e. The van der Waals surface area contributed by atoms with Gasteiger partial charge in [0.1, 0.15) is 11.6 Å². The molecule has 2 aromatic rings. The lowest BCUT2D eigenvalue weighted by Gasteiger charge is -2.28. The van der Waals surface area contributed by atoms with E-state index in [1.807, 2.05) is 0 Å². The highest BCUT2D eigenvalue weighted by Gasteiger charge is 2.26. The van der Waals surface area contributed by atoms with Crippen molar-refractivity contribution in [2.24, 2.45) is 0 Å². The molecule has 1 aromatic heterocycles. The van der Waals surface area contributed by atoms with Crippen molar-refractivity contribution in [3.8, 4) is 5.75 Å². The third kappa shape index (κ3) is 12.7. The van der Waals surface area contributed by atoms with Gasteiger partial charge in [0.15, 0.2) is 10.3 Å². The summed E-state index contributed by atoms with van der Waals surface area (Å²) >= 11 is 3.56. The molecule has 0 unspecified atom stereocenters. The molecule has 0 fully saturated rings. The Labute approximate surface area is 254 Å². The second-order valence-corrected chi connectivity index (χ2v) is 15.4. The van der Waals surface area contributed by atoms with Gasteiger partial charge in [-0.2, -0.15) is 4.98 Å². The van der Waals surface area contributed by atoms with Crippen LogP contribution in [0.4, 0.5) is 0 Å². The Morgan fingerprint density at radius 2 is 1.00 bits per heavy atom. The number of nitrogens with zero attached hydrogens (tertiary/aromatic N) is 3. The molecule has 0 amide bonds. The summed E-state index contributed by atoms with van der Waals surface area (Å²) in [6.07, 6.45) is 16.2. The van der Waals surface area contributed by atoms with Gasteiger partial charge in [0.25, 0.3) is 0 Å². The fraction of sp³-hybridized carbons (Fsp3) is 0.735. The average Bonchev–Trinajstić information content (AvgIpc) is 2.87. The monoisotopic (exact) mass is 587 g/mol. The molecule has 0 saturated carbocycles. The highest BCUT2D eigenvalue weighted by Crippen LogP contribution is 2.40. The van der Waals surface area contributed by atoms with Crippen molar-refractivity contribution < 1.29 is 5.11 Å². The molecule has 1 heterocycles. The van der Waals surface area contributed by atoms with E-state index in [1.54, 1.807) is 23.5 Å². The molecule has 0 atom stereocenters. The van der Waals surface area contributed by atoms with Gasteiger partial charge in [-0.1, -0.05) is 155 Å². The molecule has 6 heteroatoms. The summed E-state index contributed by atoms with van der Waals surface area (Å²) in [6.45, 7) is 17.5. The summed E-state index contributed by atoms with van der Waals surface area (Å²) in [5, 5.41) is 12.9. The predicted molar refractivity (Wildman–Crippen MR) is 176 cm³/mol.